The van der Waals surface area contributed by atoms with E-state index in [9.17, 15) is 12.8 Å². The molecule has 0 aliphatic rings. The number of rotatable bonds is 6. The molecule has 0 saturated carbocycles. The zero-order valence-corrected chi connectivity index (χ0v) is 14.2. The lowest BCUT2D eigenvalue weighted by atomic mass is 10.1. The zero-order chi connectivity index (χ0) is 17.7. The summed E-state index contributed by atoms with van der Waals surface area (Å²) in [5.74, 6) is -0.401. The maximum Gasteiger partial charge on any atom is 0.240 e. The van der Waals surface area contributed by atoms with Crippen LogP contribution in [0.25, 0.3) is 0 Å². The maximum absolute atomic E-state index is 13.7. The van der Waals surface area contributed by atoms with Crippen LogP contribution in [0.2, 0.25) is 0 Å². The molecule has 0 aliphatic heterocycles. The molecule has 0 unspecified atom stereocenters. The van der Waals surface area contributed by atoms with Gasteiger partial charge in [-0.2, -0.15) is 5.26 Å². The summed E-state index contributed by atoms with van der Waals surface area (Å²) in [6.07, 6.45) is 0. The number of hydrogen-bond donors (Lipinski definition) is 2. The Morgan fingerprint density at radius 1 is 1.17 bits per heavy atom. The van der Waals surface area contributed by atoms with Crippen LogP contribution < -0.4 is 10.0 Å². The molecule has 0 amide bonds. The second-order valence-corrected chi connectivity index (χ2v) is 7.29. The molecule has 2 aromatic rings. The van der Waals surface area contributed by atoms with Crippen LogP contribution in [0.5, 0.6) is 0 Å². The minimum atomic E-state index is -3.53. The van der Waals surface area contributed by atoms with Crippen molar-refractivity contribution in [3.05, 3.63) is 59.4 Å². The first-order chi connectivity index (χ1) is 11.3. The highest BCUT2D eigenvalue weighted by Gasteiger charge is 2.14. The van der Waals surface area contributed by atoms with Crippen LogP contribution in [0.4, 0.5) is 10.1 Å². The van der Waals surface area contributed by atoms with Crippen LogP contribution in [0.15, 0.2) is 47.4 Å². The van der Waals surface area contributed by atoms with Gasteiger partial charge in [-0.05, 0) is 56.3 Å². The van der Waals surface area contributed by atoms with Crippen molar-refractivity contribution in [3.63, 3.8) is 0 Å². The third-order valence-corrected chi connectivity index (χ3v) is 4.89. The average Bonchev–Trinajstić information content (AvgIpc) is 2.53. The van der Waals surface area contributed by atoms with Gasteiger partial charge >= 0.3 is 0 Å². The van der Waals surface area contributed by atoms with E-state index in [-0.39, 0.29) is 17.5 Å². The molecule has 2 rings (SSSR count). The molecule has 0 heterocycles. The number of anilines is 1. The van der Waals surface area contributed by atoms with Crippen molar-refractivity contribution in [2.24, 2.45) is 0 Å². The summed E-state index contributed by atoms with van der Waals surface area (Å²) in [7, 11) is -3.53. The summed E-state index contributed by atoms with van der Waals surface area (Å²) in [6.45, 7) is 3.69. The second-order valence-electron chi connectivity index (χ2n) is 5.57. The Bertz CT molecular complexity index is 856. The Hall–Kier alpha value is -2.43. The molecule has 0 bridgehead atoms. The van der Waals surface area contributed by atoms with Gasteiger partial charge in [0.2, 0.25) is 10.0 Å². The third-order valence-electron chi connectivity index (χ3n) is 3.21. The van der Waals surface area contributed by atoms with Crippen molar-refractivity contribution in [3.8, 4) is 6.07 Å². The number of halogens is 1. The minimum absolute atomic E-state index is 0.166. The molecule has 126 valence electrons. The SMILES string of the molecule is CC(C)NS(=O)(=O)c1ccc(NCc2cc(C#N)ccc2F)cc1. The fraction of sp³-hybridized carbons (Fsp3) is 0.235. The van der Waals surface area contributed by atoms with Crippen LogP contribution in [0.1, 0.15) is 25.0 Å². The molecule has 0 saturated heterocycles. The molecular weight excluding hydrogens is 329 g/mol. The topological polar surface area (TPSA) is 82.0 Å². The van der Waals surface area contributed by atoms with Crippen molar-refractivity contribution < 1.29 is 12.8 Å². The third kappa shape index (κ3) is 4.54. The molecule has 24 heavy (non-hydrogen) atoms. The zero-order valence-electron chi connectivity index (χ0n) is 13.4. The molecule has 0 atom stereocenters. The van der Waals surface area contributed by atoms with Crippen LogP contribution in [0, 0.1) is 17.1 Å². The summed E-state index contributed by atoms with van der Waals surface area (Å²) in [4.78, 5) is 0.166. The van der Waals surface area contributed by atoms with Gasteiger partial charge in [0.15, 0.2) is 0 Å². The predicted molar refractivity (Wildman–Crippen MR) is 90.3 cm³/mol. The smallest absolute Gasteiger partial charge is 0.240 e. The highest BCUT2D eigenvalue weighted by molar-refractivity contribution is 7.89. The number of nitrogens with zero attached hydrogens (tertiary/aromatic N) is 1. The van der Waals surface area contributed by atoms with Gasteiger partial charge in [0.05, 0.1) is 16.5 Å². The summed E-state index contributed by atoms with van der Waals surface area (Å²) in [5.41, 5.74) is 1.40. The van der Waals surface area contributed by atoms with Gasteiger partial charge in [0, 0.05) is 23.8 Å². The van der Waals surface area contributed by atoms with Crippen molar-refractivity contribution in [2.45, 2.75) is 31.3 Å². The molecule has 5 nitrogen and oxygen atoms in total. The van der Waals surface area contributed by atoms with Crippen LogP contribution in [-0.2, 0) is 16.6 Å². The molecule has 0 aromatic heterocycles. The van der Waals surface area contributed by atoms with E-state index in [1.165, 1.54) is 30.3 Å². The van der Waals surface area contributed by atoms with E-state index < -0.39 is 15.8 Å². The van der Waals surface area contributed by atoms with Gasteiger partial charge in [-0.15, -0.1) is 0 Å². The van der Waals surface area contributed by atoms with E-state index >= 15 is 0 Å². The Morgan fingerprint density at radius 3 is 2.42 bits per heavy atom. The Kier molecular flexibility index (Phi) is 5.54. The number of nitriles is 1. The molecule has 0 spiro atoms. The predicted octanol–water partition coefficient (Wildman–Crippen LogP) is 3.00. The fourth-order valence-electron chi connectivity index (χ4n) is 2.11. The highest BCUT2D eigenvalue weighted by atomic mass is 32.2. The quantitative estimate of drug-likeness (QED) is 0.841. The van der Waals surface area contributed by atoms with E-state index in [0.29, 0.717) is 16.8 Å². The standard InChI is InChI=1S/C17H18FN3O2S/c1-12(2)21-24(22,23)16-6-4-15(5-7-16)20-11-14-9-13(10-19)3-8-17(14)18/h3-9,12,20-21H,11H2,1-2H3. The summed E-state index contributed by atoms with van der Waals surface area (Å²) >= 11 is 0. The molecule has 2 aromatic carbocycles. The fourth-order valence-corrected chi connectivity index (χ4v) is 3.36. The number of nitrogens with one attached hydrogen (secondary N) is 2. The van der Waals surface area contributed by atoms with Gasteiger partial charge in [-0.25, -0.2) is 17.5 Å². The second kappa shape index (κ2) is 7.43. The molecule has 0 fully saturated rings. The Labute approximate surface area is 141 Å². The first-order valence-electron chi connectivity index (χ1n) is 7.36. The lowest BCUT2D eigenvalue weighted by Gasteiger charge is -2.11. The van der Waals surface area contributed by atoms with E-state index in [1.54, 1.807) is 26.0 Å². The molecule has 7 heteroatoms. The lowest BCUT2D eigenvalue weighted by molar-refractivity contribution is 0.570. The number of hydrogen-bond acceptors (Lipinski definition) is 4. The normalized spacial score (nSPS) is 11.3. The van der Waals surface area contributed by atoms with Gasteiger partial charge in [-0.3, -0.25) is 0 Å². The Balaban J connectivity index is 2.09. The van der Waals surface area contributed by atoms with Crippen molar-refractivity contribution in [1.29, 1.82) is 5.26 Å². The van der Waals surface area contributed by atoms with Gasteiger partial charge < -0.3 is 5.32 Å². The van der Waals surface area contributed by atoms with Gasteiger partial charge in [0.1, 0.15) is 5.82 Å². The van der Waals surface area contributed by atoms with Crippen molar-refractivity contribution >= 4 is 15.7 Å². The number of sulfonamides is 1. The molecule has 0 radical (unpaired) electrons. The largest absolute Gasteiger partial charge is 0.381 e. The van der Waals surface area contributed by atoms with E-state index in [1.807, 2.05) is 6.07 Å². The van der Waals surface area contributed by atoms with Crippen LogP contribution in [0.3, 0.4) is 0 Å². The van der Waals surface area contributed by atoms with Gasteiger partial charge in [-0.1, -0.05) is 0 Å². The summed E-state index contributed by atoms with van der Waals surface area (Å²) < 4.78 is 40.3. The van der Waals surface area contributed by atoms with E-state index in [0.717, 1.165) is 0 Å². The van der Waals surface area contributed by atoms with Gasteiger partial charge in [0.25, 0.3) is 0 Å². The number of benzene rings is 2. The van der Waals surface area contributed by atoms with Crippen molar-refractivity contribution in [1.82, 2.24) is 4.72 Å². The lowest BCUT2D eigenvalue weighted by Crippen LogP contribution is -2.30. The minimum Gasteiger partial charge on any atom is -0.381 e. The molecule has 0 aliphatic carbocycles. The highest BCUT2D eigenvalue weighted by Crippen LogP contribution is 2.17. The molecule has 2 N–H and O–H groups in total. The first kappa shape index (κ1) is 17.9. The first-order valence-corrected chi connectivity index (χ1v) is 8.85. The van der Waals surface area contributed by atoms with E-state index in [2.05, 4.69) is 10.0 Å². The summed E-state index contributed by atoms with van der Waals surface area (Å²) in [5, 5.41) is 11.9. The van der Waals surface area contributed by atoms with Crippen molar-refractivity contribution in [2.75, 3.05) is 5.32 Å². The Morgan fingerprint density at radius 2 is 1.83 bits per heavy atom. The van der Waals surface area contributed by atoms with Crippen LogP contribution >= 0.6 is 0 Å². The average molecular weight is 347 g/mol. The van der Waals surface area contributed by atoms with Crippen LogP contribution in [-0.4, -0.2) is 14.5 Å². The summed E-state index contributed by atoms with van der Waals surface area (Å²) in [6, 6.07) is 12.1. The monoisotopic (exact) mass is 347 g/mol. The van der Waals surface area contributed by atoms with E-state index in [4.69, 9.17) is 5.26 Å². The molecular formula is C17H18FN3O2S. The maximum atomic E-state index is 13.7.